The molecule has 0 aromatic carbocycles. The highest BCUT2D eigenvalue weighted by molar-refractivity contribution is 7.07. The van der Waals surface area contributed by atoms with Gasteiger partial charge in [0.1, 0.15) is 11.0 Å². The summed E-state index contributed by atoms with van der Waals surface area (Å²) in [5.74, 6) is 0.446. The van der Waals surface area contributed by atoms with Gasteiger partial charge in [-0.3, -0.25) is 10.1 Å². The number of halogens is 1. The number of nitro groups is 1. The fraction of sp³-hybridized carbons (Fsp3) is 0.200. The van der Waals surface area contributed by atoms with Crippen LogP contribution in [0.15, 0.2) is 23.0 Å². The molecule has 0 aliphatic carbocycles. The third-order valence-corrected chi connectivity index (χ3v) is 3.08. The number of hydrogen-bond acceptors (Lipinski definition) is 6. The van der Waals surface area contributed by atoms with Crippen LogP contribution in [0.3, 0.4) is 0 Å². The van der Waals surface area contributed by atoms with Gasteiger partial charge in [0.05, 0.1) is 34.8 Å². The van der Waals surface area contributed by atoms with Gasteiger partial charge in [-0.05, 0) is 0 Å². The summed E-state index contributed by atoms with van der Waals surface area (Å²) in [5.41, 5.74) is 2.54. The van der Waals surface area contributed by atoms with Gasteiger partial charge < -0.3 is 4.90 Å². The van der Waals surface area contributed by atoms with Crippen LogP contribution in [0, 0.1) is 10.1 Å². The van der Waals surface area contributed by atoms with Crippen molar-refractivity contribution >= 4 is 34.4 Å². The lowest BCUT2D eigenvalue weighted by molar-refractivity contribution is -0.384. The molecule has 8 heteroatoms. The summed E-state index contributed by atoms with van der Waals surface area (Å²) >= 11 is 7.26. The second-order valence-electron chi connectivity index (χ2n) is 3.60. The maximum Gasteiger partial charge on any atom is 0.276 e. The molecule has 2 rings (SSSR count). The Balaban J connectivity index is 2.24. The SMILES string of the molecule is CN(Cc1cscn1)c1cc([N+](=O)[O-])cc(Cl)n1. The lowest BCUT2D eigenvalue weighted by atomic mass is 10.3. The minimum absolute atomic E-state index is 0.0740. The van der Waals surface area contributed by atoms with Gasteiger partial charge in [0.15, 0.2) is 0 Å². The molecule has 0 unspecified atom stereocenters. The van der Waals surface area contributed by atoms with Crippen LogP contribution in [-0.2, 0) is 6.54 Å². The summed E-state index contributed by atoms with van der Waals surface area (Å²) in [5, 5.41) is 12.7. The maximum absolute atomic E-state index is 10.7. The van der Waals surface area contributed by atoms with Crippen LogP contribution in [-0.4, -0.2) is 21.9 Å². The Morgan fingerprint density at radius 1 is 1.56 bits per heavy atom. The van der Waals surface area contributed by atoms with Crippen LogP contribution >= 0.6 is 22.9 Å². The highest BCUT2D eigenvalue weighted by Gasteiger charge is 2.13. The molecule has 0 aliphatic heterocycles. The molecule has 0 atom stereocenters. The second-order valence-corrected chi connectivity index (χ2v) is 4.71. The first kappa shape index (κ1) is 12.7. The molecular weight excluding hydrogens is 276 g/mol. The van der Waals surface area contributed by atoms with Crippen molar-refractivity contribution < 1.29 is 4.92 Å². The molecule has 0 bridgehead atoms. The average Bonchev–Trinajstić information content (AvgIpc) is 2.80. The molecule has 0 amide bonds. The molecule has 0 aliphatic rings. The normalized spacial score (nSPS) is 10.3. The Morgan fingerprint density at radius 3 is 2.94 bits per heavy atom. The van der Waals surface area contributed by atoms with E-state index in [1.807, 2.05) is 5.38 Å². The van der Waals surface area contributed by atoms with E-state index in [2.05, 4.69) is 9.97 Å². The summed E-state index contributed by atoms with van der Waals surface area (Å²) in [6, 6.07) is 2.61. The molecule has 6 nitrogen and oxygen atoms in total. The van der Waals surface area contributed by atoms with E-state index in [0.717, 1.165) is 5.69 Å². The van der Waals surface area contributed by atoms with Gasteiger partial charge in [-0.2, -0.15) is 0 Å². The molecule has 0 saturated heterocycles. The Bertz CT molecular complexity index is 561. The summed E-state index contributed by atoms with van der Waals surface area (Å²) in [6.07, 6.45) is 0. The molecule has 2 aromatic heterocycles. The number of anilines is 1. The lowest BCUT2D eigenvalue weighted by Gasteiger charge is -2.16. The number of rotatable bonds is 4. The van der Waals surface area contributed by atoms with E-state index in [1.165, 1.54) is 23.5 Å². The predicted molar refractivity (Wildman–Crippen MR) is 70.1 cm³/mol. The summed E-state index contributed by atoms with van der Waals surface area (Å²) in [7, 11) is 1.78. The Kier molecular flexibility index (Phi) is 3.73. The number of hydrogen-bond donors (Lipinski definition) is 0. The fourth-order valence-corrected chi connectivity index (χ4v) is 2.16. The van der Waals surface area contributed by atoms with Crippen molar-refractivity contribution in [2.45, 2.75) is 6.54 Å². The molecule has 0 spiro atoms. The van der Waals surface area contributed by atoms with Gasteiger partial charge >= 0.3 is 0 Å². The molecule has 0 saturated carbocycles. The van der Waals surface area contributed by atoms with Crippen LogP contribution in [0.1, 0.15) is 5.69 Å². The van der Waals surface area contributed by atoms with Gasteiger partial charge in [-0.15, -0.1) is 11.3 Å². The number of pyridine rings is 1. The third-order valence-electron chi connectivity index (χ3n) is 2.25. The molecule has 2 heterocycles. The van der Waals surface area contributed by atoms with Crippen LogP contribution in [0.4, 0.5) is 11.5 Å². The van der Waals surface area contributed by atoms with Crippen molar-refractivity contribution in [2.24, 2.45) is 0 Å². The Labute approximate surface area is 112 Å². The van der Waals surface area contributed by atoms with Crippen LogP contribution in [0.2, 0.25) is 5.15 Å². The lowest BCUT2D eigenvalue weighted by Crippen LogP contribution is -2.18. The third kappa shape index (κ3) is 2.93. The summed E-state index contributed by atoms with van der Waals surface area (Å²) < 4.78 is 0. The standard InChI is InChI=1S/C10H9ClN4O2S/c1-14(4-7-5-18-6-12-7)10-3-8(15(16)17)2-9(11)13-10/h2-3,5-6H,4H2,1H3. The number of thiazole rings is 1. The van der Waals surface area contributed by atoms with Gasteiger partial charge in [-0.25, -0.2) is 9.97 Å². The maximum atomic E-state index is 10.7. The van der Waals surface area contributed by atoms with Gasteiger partial charge in [0.25, 0.3) is 5.69 Å². The van der Waals surface area contributed by atoms with E-state index in [4.69, 9.17) is 11.6 Å². The first-order valence-corrected chi connectivity index (χ1v) is 6.28. The van der Waals surface area contributed by atoms with E-state index in [-0.39, 0.29) is 10.8 Å². The van der Waals surface area contributed by atoms with Gasteiger partial charge in [-0.1, -0.05) is 11.6 Å². The van der Waals surface area contributed by atoms with Crippen molar-refractivity contribution in [3.63, 3.8) is 0 Å². The molecule has 0 radical (unpaired) electrons. The molecule has 2 aromatic rings. The zero-order valence-electron chi connectivity index (χ0n) is 9.41. The molecule has 94 valence electrons. The minimum Gasteiger partial charge on any atom is -0.353 e. The quantitative estimate of drug-likeness (QED) is 0.490. The highest BCUT2D eigenvalue weighted by Crippen LogP contribution is 2.23. The van der Waals surface area contributed by atoms with Crippen molar-refractivity contribution in [1.29, 1.82) is 0 Å². The van der Waals surface area contributed by atoms with Crippen molar-refractivity contribution in [1.82, 2.24) is 9.97 Å². The zero-order chi connectivity index (χ0) is 13.1. The molecular formula is C10H9ClN4O2S. The Morgan fingerprint density at radius 2 is 2.33 bits per heavy atom. The first-order chi connectivity index (χ1) is 8.56. The van der Waals surface area contributed by atoms with Gasteiger partial charge in [0.2, 0.25) is 0 Å². The molecule has 18 heavy (non-hydrogen) atoms. The van der Waals surface area contributed by atoms with Crippen molar-refractivity contribution in [3.05, 3.63) is 44.0 Å². The molecule has 0 N–H and O–H groups in total. The highest BCUT2D eigenvalue weighted by atomic mass is 35.5. The number of nitrogens with zero attached hydrogens (tertiary/aromatic N) is 4. The van der Waals surface area contributed by atoms with Crippen LogP contribution < -0.4 is 4.90 Å². The summed E-state index contributed by atoms with van der Waals surface area (Å²) in [4.78, 5) is 20.2. The number of aromatic nitrogens is 2. The van der Waals surface area contributed by atoms with E-state index in [0.29, 0.717) is 12.4 Å². The van der Waals surface area contributed by atoms with E-state index < -0.39 is 4.92 Å². The molecule has 0 fully saturated rings. The topological polar surface area (TPSA) is 72.2 Å². The predicted octanol–water partition coefficient (Wildman–Crippen LogP) is 2.74. The largest absolute Gasteiger partial charge is 0.353 e. The zero-order valence-corrected chi connectivity index (χ0v) is 11.0. The van der Waals surface area contributed by atoms with Crippen LogP contribution in [0.25, 0.3) is 0 Å². The van der Waals surface area contributed by atoms with Crippen LogP contribution in [0.5, 0.6) is 0 Å². The smallest absolute Gasteiger partial charge is 0.276 e. The van der Waals surface area contributed by atoms with Gasteiger partial charge in [0, 0.05) is 12.4 Å². The summed E-state index contributed by atoms with van der Waals surface area (Å²) in [6.45, 7) is 0.522. The minimum atomic E-state index is -0.492. The monoisotopic (exact) mass is 284 g/mol. The van der Waals surface area contributed by atoms with E-state index in [1.54, 1.807) is 17.5 Å². The first-order valence-electron chi connectivity index (χ1n) is 4.96. The average molecular weight is 285 g/mol. The van der Waals surface area contributed by atoms with Crippen molar-refractivity contribution in [2.75, 3.05) is 11.9 Å². The van der Waals surface area contributed by atoms with E-state index >= 15 is 0 Å². The Hall–Kier alpha value is -1.73. The second kappa shape index (κ2) is 5.28. The van der Waals surface area contributed by atoms with E-state index in [9.17, 15) is 10.1 Å². The fourth-order valence-electron chi connectivity index (χ4n) is 1.41. The van der Waals surface area contributed by atoms with Crippen molar-refractivity contribution in [3.8, 4) is 0 Å².